The number of urea groups is 1. The minimum Gasteiger partial charge on any atom is -0.337 e. The van der Waals surface area contributed by atoms with Gasteiger partial charge in [0, 0.05) is 10.9 Å². The molecule has 4 aromatic rings. The van der Waals surface area contributed by atoms with Crippen molar-refractivity contribution >= 4 is 23.3 Å². The summed E-state index contributed by atoms with van der Waals surface area (Å²) >= 11 is 1.51. The molecule has 150 valence electrons. The fourth-order valence-corrected chi connectivity index (χ4v) is 3.87. The number of thiophene rings is 1. The number of carbonyl (C=O) groups is 2. The molecular formula is C18H14N8O3S. The zero-order valence-electron chi connectivity index (χ0n) is 15.6. The van der Waals surface area contributed by atoms with Crippen LogP contribution in [-0.4, -0.2) is 47.2 Å². The Bertz CT molecular complexity index is 1220. The molecule has 0 radical (unpaired) electrons. The highest BCUT2D eigenvalue weighted by atomic mass is 32.1. The van der Waals surface area contributed by atoms with E-state index in [2.05, 4.69) is 31.0 Å². The van der Waals surface area contributed by atoms with Crippen molar-refractivity contribution in [2.75, 3.05) is 0 Å². The van der Waals surface area contributed by atoms with E-state index in [-0.39, 0.29) is 12.4 Å². The highest BCUT2D eigenvalue weighted by Crippen LogP contribution is 2.31. The van der Waals surface area contributed by atoms with Gasteiger partial charge in [-0.1, -0.05) is 17.3 Å². The summed E-state index contributed by atoms with van der Waals surface area (Å²) in [6.07, 6.45) is 1.45. The second-order valence-electron chi connectivity index (χ2n) is 6.77. The average Bonchev–Trinajstić information content (AvgIpc) is 3.54. The van der Waals surface area contributed by atoms with Crippen molar-refractivity contribution < 1.29 is 14.1 Å². The number of hydrogen-bond donors (Lipinski definition) is 1. The van der Waals surface area contributed by atoms with Crippen LogP contribution in [-0.2, 0) is 16.9 Å². The first kappa shape index (κ1) is 18.1. The van der Waals surface area contributed by atoms with E-state index in [0.717, 1.165) is 10.5 Å². The van der Waals surface area contributed by atoms with Gasteiger partial charge in [-0.15, -0.1) is 5.10 Å². The van der Waals surface area contributed by atoms with Crippen LogP contribution >= 0.6 is 11.3 Å². The van der Waals surface area contributed by atoms with Crippen LogP contribution in [0.4, 0.5) is 4.79 Å². The molecule has 1 atom stereocenters. The molecule has 12 heteroatoms. The smallest absolute Gasteiger partial charge is 0.325 e. The summed E-state index contributed by atoms with van der Waals surface area (Å²) < 4.78 is 6.70. The second-order valence-corrected chi connectivity index (χ2v) is 7.55. The van der Waals surface area contributed by atoms with Crippen molar-refractivity contribution in [1.29, 1.82) is 0 Å². The summed E-state index contributed by atoms with van der Waals surface area (Å²) in [4.78, 5) is 31.1. The van der Waals surface area contributed by atoms with E-state index in [4.69, 9.17) is 4.52 Å². The van der Waals surface area contributed by atoms with E-state index in [1.165, 1.54) is 22.3 Å². The third-order valence-corrected chi connectivity index (χ3v) is 5.54. The molecule has 0 aliphatic carbocycles. The summed E-state index contributed by atoms with van der Waals surface area (Å²) in [7, 11) is 0. The van der Waals surface area contributed by atoms with Crippen LogP contribution < -0.4 is 5.32 Å². The Morgan fingerprint density at radius 3 is 2.93 bits per heavy atom. The van der Waals surface area contributed by atoms with Gasteiger partial charge in [0.1, 0.15) is 18.4 Å². The van der Waals surface area contributed by atoms with E-state index in [1.54, 1.807) is 31.2 Å². The number of tetrazole rings is 1. The van der Waals surface area contributed by atoms with Crippen LogP contribution in [0.5, 0.6) is 0 Å². The third kappa shape index (κ3) is 2.93. The SMILES string of the molecule is C[C@@]1(c2cccc(-n3cnnn3)c2)NC(=O)N(Cc2nc(-c3ccsc3)no2)C1=O. The molecule has 11 nitrogen and oxygen atoms in total. The van der Waals surface area contributed by atoms with Crippen LogP contribution in [0.1, 0.15) is 18.4 Å². The van der Waals surface area contributed by atoms with Gasteiger partial charge in [-0.3, -0.25) is 9.69 Å². The first-order valence-corrected chi connectivity index (χ1v) is 9.82. The zero-order valence-corrected chi connectivity index (χ0v) is 16.4. The number of rotatable bonds is 5. The van der Waals surface area contributed by atoms with Crippen molar-refractivity contribution in [2.45, 2.75) is 19.0 Å². The molecule has 4 heterocycles. The van der Waals surface area contributed by atoms with E-state index in [0.29, 0.717) is 17.1 Å². The lowest BCUT2D eigenvalue weighted by Crippen LogP contribution is -2.40. The maximum Gasteiger partial charge on any atom is 0.325 e. The minimum absolute atomic E-state index is 0.121. The fraction of sp³-hybridized carbons (Fsp3) is 0.167. The Balaban J connectivity index is 1.41. The van der Waals surface area contributed by atoms with E-state index in [9.17, 15) is 9.59 Å². The van der Waals surface area contributed by atoms with Gasteiger partial charge in [0.2, 0.25) is 11.7 Å². The van der Waals surface area contributed by atoms with Gasteiger partial charge >= 0.3 is 6.03 Å². The van der Waals surface area contributed by atoms with Gasteiger partial charge in [-0.25, -0.2) is 9.48 Å². The van der Waals surface area contributed by atoms with Crippen LogP contribution in [0.15, 0.2) is 51.9 Å². The van der Waals surface area contributed by atoms with Crippen LogP contribution in [0.25, 0.3) is 17.1 Å². The van der Waals surface area contributed by atoms with E-state index >= 15 is 0 Å². The highest BCUT2D eigenvalue weighted by Gasteiger charge is 2.49. The molecular weight excluding hydrogens is 408 g/mol. The largest absolute Gasteiger partial charge is 0.337 e. The number of imide groups is 1. The minimum atomic E-state index is -1.25. The molecule has 3 amide bonds. The molecule has 3 aromatic heterocycles. The van der Waals surface area contributed by atoms with Gasteiger partial charge < -0.3 is 9.84 Å². The Morgan fingerprint density at radius 1 is 1.27 bits per heavy atom. The number of aromatic nitrogens is 6. The van der Waals surface area contributed by atoms with Crippen molar-refractivity contribution in [2.24, 2.45) is 0 Å². The van der Waals surface area contributed by atoms with E-state index < -0.39 is 17.5 Å². The molecule has 1 aromatic carbocycles. The van der Waals surface area contributed by atoms with Gasteiger partial charge in [-0.2, -0.15) is 16.3 Å². The molecule has 1 N–H and O–H groups in total. The number of amides is 3. The predicted molar refractivity (Wildman–Crippen MR) is 103 cm³/mol. The zero-order chi connectivity index (χ0) is 20.7. The third-order valence-electron chi connectivity index (χ3n) is 4.85. The molecule has 0 saturated carbocycles. The van der Waals surface area contributed by atoms with Crippen molar-refractivity contribution in [3.8, 4) is 17.1 Å². The topological polar surface area (TPSA) is 132 Å². The standard InChI is InChI=1S/C18H14N8O3S/c1-18(12-3-2-4-13(7-12)26-10-19-23-24-26)16(27)25(17(28)21-18)8-14-20-15(22-29-14)11-5-6-30-9-11/h2-7,9-10H,8H2,1H3,(H,21,28)/t18-/m0/s1. The maximum atomic E-state index is 13.2. The maximum absolute atomic E-state index is 13.2. The number of carbonyl (C=O) groups excluding carboxylic acids is 2. The van der Waals surface area contributed by atoms with Crippen molar-refractivity contribution in [3.63, 3.8) is 0 Å². The number of nitrogens with one attached hydrogen (secondary N) is 1. The van der Waals surface area contributed by atoms with Crippen molar-refractivity contribution in [1.82, 2.24) is 40.6 Å². The van der Waals surface area contributed by atoms with Gasteiger partial charge in [0.25, 0.3) is 5.91 Å². The van der Waals surface area contributed by atoms with Crippen LogP contribution in [0.2, 0.25) is 0 Å². The number of benzene rings is 1. The second kappa shape index (κ2) is 6.84. The molecule has 0 unspecified atom stereocenters. The molecule has 0 spiro atoms. The van der Waals surface area contributed by atoms with Crippen LogP contribution in [0, 0.1) is 0 Å². The Morgan fingerprint density at radius 2 is 2.17 bits per heavy atom. The lowest BCUT2D eigenvalue weighted by Gasteiger charge is -2.22. The summed E-state index contributed by atoms with van der Waals surface area (Å²) in [5, 5.41) is 21.5. The first-order valence-electron chi connectivity index (χ1n) is 8.88. The summed E-state index contributed by atoms with van der Waals surface area (Å²) in [6.45, 7) is 1.53. The van der Waals surface area contributed by atoms with Crippen LogP contribution in [0.3, 0.4) is 0 Å². The summed E-state index contributed by atoms with van der Waals surface area (Å²) in [5.74, 6) is 0.165. The lowest BCUT2D eigenvalue weighted by atomic mass is 9.91. The Labute approximate surface area is 173 Å². The molecule has 1 aliphatic heterocycles. The lowest BCUT2D eigenvalue weighted by molar-refractivity contribution is -0.131. The van der Waals surface area contributed by atoms with E-state index in [1.807, 2.05) is 16.8 Å². The summed E-state index contributed by atoms with van der Waals surface area (Å²) in [5.41, 5.74) is 0.825. The quantitative estimate of drug-likeness (QED) is 0.481. The van der Waals surface area contributed by atoms with Gasteiger partial charge in [-0.05, 0) is 46.5 Å². The fourth-order valence-electron chi connectivity index (χ4n) is 3.24. The molecule has 1 saturated heterocycles. The molecule has 0 bridgehead atoms. The Kier molecular flexibility index (Phi) is 4.13. The average molecular weight is 422 g/mol. The molecule has 1 fully saturated rings. The molecule has 30 heavy (non-hydrogen) atoms. The first-order chi connectivity index (χ1) is 14.5. The molecule has 1 aliphatic rings. The van der Waals surface area contributed by atoms with Gasteiger partial charge in [0.05, 0.1) is 5.69 Å². The Hall–Kier alpha value is -3.93. The highest BCUT2D eigenvalue weighted by molar-refractivity contribution is 7.08. The predicted octanol–water partition coefficient (Wildman–Crippen LogP) is 1.74. The molecule has 5 rings (SSSR count). The normalized spacial score (nSPS) is 18.8. The number of nitrogens with zero attached hydrogens (tertiary/aromatic N) is 7. The monoisotopic (exact) mass is 422 g/mol. The van der Waals surface area contributed by atoms with Crippen molar-refractivity contribution in [3.05, 3.63) is 58.9 Å². The van der Waals surface area contributed by atoms with Gasteiger partial charge in [0.15, 0.2) is 0 Å². The summed E-state index contributed by atoms with van der Waals surface area (Å²) in [6, 6.07) is 8.40. The number of hydrogen-bond acceptors (Lipinski definition) is 9.